The number of rotatable bonds is 2. The van der Waals surface area contributed by atoms with Gasteiger partial charge in [0.15, 0.2) is 0 Å². The van der Waals surface area contributed by atoms with E-state index in [1.165, 1.54) is 0 Å². The van der Waals surface area contributed by atoms with Crippen LogP contribution in [0.2, 0.25) is 0 Å². The first-order valence-corrected chi connectivity index (χ1v) is 4.62. The molecule has 1 saturated carbocycles. The van der Waals surface area contributed by atoms with Gasteiger partial charge in [-0.25, -0.2) is 0 Å². The highest BCUT2D eigenvalue weighted by Gasteiger charge is 2.55. The Balaban J connectivity index is 2.26. The van der Waals surface area contributed by atoms with Crippen LogP contribution in [0.1, 0.15) is 25.7 Å². The summed E-state index contributed by atoms with van der Waals surface area (Å²) in [6.45, 7) is 0.947. The first-order chi connectivity index (χ1) is 5.68. The largest absolute Gasteiger partial charge is 0.480 e. The Labute approximate surface area is 72.4 Å². The lowest BCUT2D eigenvalue weighted by Gasteiger charge is -2.31. The summed E-state index contributed by atoms with van der Waals surface area (Å²) in [6.07, 6.45) is 4.11. The molecule has 0 radical (unpaired) electrons. The minimum atomic E-state index is -0.606. The van der Waals surface area contributed by atoms with Crippen molar-refractivity contribution in [2.24, 2.45) is 5.92 Å². The van der Waals surface area contributed by atoms with Crippen molar-refractivity contribution >= 4 is 5.97 Å². The van der Waals surface area contributed by atoms with Crippen LogP contribution in [-0.4, -0.2) is 35.1 Å². The Morgan fingerprint density at radius 1 is 1.58 bits per heavy atom. The summed E-state index contributed by atoms with van der Waals surface area (Å²) in [7, 11) is 1.94. The minimum absolute atomic E-state index is 0.433. The number of likely N-dealkylation sites (tertiary alicyclic amines) is 1. The third-order valence-corrected chi connectivity index (χ3v) is 3.36. The number of aliphatic carboxylic acids is 1. The molecule has 1 aliphatic heterocycles. The van der Waals surface area contributed by atoms with Crippen molar-refractivity contribution in [3.63, 3.8) is 0 Å². The van der Waals surface area contributed by atoms with E-state index in [1.54, 1.807) is 0 Å². The van der Waals surface area contributed by atoms with Gasteiger partial charge in [0.05, 0.1) is 0 Å². The molecule has 1 N–H and O–H groups in total. The third-order valence-electron chi connectivity index (χ3n) is 3.36. The van der Waals surface area contributed by atoms with Crippen molar-refractivity contribution in [1.82, 2.24) is 4.90 Å². The normalized spacial score (nSPS) is 37.1. The maximum atomic E-state index is 11.2. The SMILES string of the molecule is CN1CCC[C@]1(C(=O)O)C1CC1. The van der Waals surface area contributed by atoms with Crippen LogP contribution in [0.4, 0.5) is 0 Å². The maximum absolute atomic E-state index is 11.2. The highest BCUT2D eigenvalue weighted by atomic mass is 16.4. The molecule has 1 saturated heterocycles. The molecule has 0 amide bonds. The quantitative estimate of drug-likeness (QED) is 0.669. The van der Waals surface area contributed by atoms with Gasteiger partial charge in [-0.1, -0.05) is 0 Å². The summed E-state index contributed by atoms with van der Waals surface area (Å²) >= 11 is 0. The smallest absolute Gasteiger partial charge is 0.324 e. The predicted octanol–water partition coefficient (Wildman–Crippen LogP) is 0.945. The maximum Gasteiger partial charge on any atom is 0.324 e. The van der Waals surface area contributed by atoms with Crippen molar-refractivity contribution in [3.05, 3.63) is 0 Å². The molecule has 12 heavy (non-hydrogen) atoms. The molecule has 0 bridgehead atoms. The van der Waals surface area contributed by atoms with Gasteiger partial charge in [-0.2, -0.15) is 0 Å². The summed E-state index contributed by atoms with van der Waals surface area (Å²) in [5.41, 5.74) is -0.486. The molecule has 0 spiro atoms. The molecule has 0 unspecified atom stereocenters. The van der Waals surface area contributed by atoms with Gasteiger partial charge in [0.25, 0.3) is 0 Å². The second-order valence-corrected chi connectivity index (χ2v) is 4.03. The molecular weight excluding hydrogens is 154 g/mol. The molecule has 3 nitrogen and oxygen atoms in total. The molecule has 2 rings (SSSR count). The molecule has 3 heteroatoms. The van der Waals surface area contributed by atoms with Gasteiger partial charge >= 0.3 is 5.97 Å². The van der Waals surface area contributed by atoms with E-state index in [0.717, 1.165) is 32.2 Å². The van der Waals surface area contributed by atoms with Crippen molar-refractivity contribution < 1.29 is 9.90 Å². The highest BCUT2D eigenvalue weighted by Crippen LogP contribution is 2.48. The average Bonchev–Trinajstić information content (AvgIpc) is 2.76. The summed E-state index contributed by atoms with van der Waals surface area (Å²) in [6, 6.07) is 0. The van der Waals surface area contributed by atoms with E-state index < -0.39 is 11.5 Å². The van der Waals surface area contributed by atoms with Gasteiger partial charge in [-0.3, -0.25) is 9.69 Å². The second kappa shape index (κ2) is 2.46. The standard InChI is InChI=1S/C9H15NO2/c1-10-6-2-5-9(10,8(11)12)7-3-4-7/h7H,2-6H2,1H3,(H,11,12)/t9-/m1/s1. The monoisotopic (exact) mass is 169 g/mol. The van der Waals surface area contributed by atoms with Gasteiger partial charge in [0.1, 0.15) is 5.54 Å². The molecule has 0 aromatic carbocycles. The Kier molecular flexibility index (Phi) is 1.65. The van der Waals surface area contributed by atoms with Crippen LogP contribution in [0.25, 0.3) is 0 Å². The first-order valence-electron chi connectivity index (χ1n) is 4.62. The van der Waals surface area contributed by atoms with E-state index >= 15 is 0 Å². The molecule has 1 aliphatic carbocycles. The van der Waals surface area contributed by atoms with Crippen LogP contribution in [0, 0.1) is 5.92 Å². The molecule has 0 aromatic heterocycles. The minimum Gasteiger partial charge on any atom is -0.480 e. The zero-order chi connectivity index (χ0) is 8.77. The van der Waals surface area contributed by atoms with Crippen LogP contribution in [0.15, 0.2) is 0 Å². The van der Waals surface area contributed by atoms with E-state index in [-0.39, 0.29) is 0 Å². The van der Waals surface area contributed by atoms with Crippen LogP contribution >= 0.6 is 0 Å². The Hall–Kier alpha value is -0.570. The van der Waals surface area contributed by atoms with Gasteiger partial charge in [0, 0.05) is 0 Å². The molecule has 2 aliphatic rings. The Bertz CT molecular complexity index is 213. The third kappa shape index (κ3) is 0.891. The second-order valence-electron chi connectivity index (χ2n) is 4.03. The summed E-state index contributed by atoms with van der Waals surface area (Å²) in [4.78, 5) is 13.2. The number of carboxylic acid groups (broad SMARTS) is 1. The fraction of sp³-hybridized carbons (Fsp3) is 0.889. The van der Waals surface area contributed by atoms with E-state index in [9.17, 15) is 9.90 Å². The van der Waals surface area contributed by atoms with E-state index in [0.29, 0.717) is 5.92 Å². The number of carbonyl (C=O) groups is 1. The lowest BCUT2D eigenvalue weighted by atomic mass is 9.90. The van der Waals surface area contributed by atoms with E-state index in [4.69, 9.17) is 0 Å². The predicted molar refractivity (Wildman–Crippen MR) is 45.0 cm³/mol. The molecule has 2 fully saturated rings. The summed E-state index contributed by atoms with van der Waals surface area (Å²) in [5.74, 6) is -0.174. The lowest BCUT2D eigenvalue weighted by Crippen LogP contribution is -2.50. The van der Waals surface area contributed by atoms with Crippen LogP contribution in [0.3, 0.4) is 0 Å². The van der Waals surface area contributed by atoms with Crippen LogP contribution in [0.5, 0.6) is 0 Å². The lowest BCUT2D eigenvalue weighted by molar-refractivity contribution is -0.150. The Morgan fingerprint density at radius 2 is 2.25 bits per heavy atom. The van der Waals surface area contributed by atoms with E-state index in [2.05, 4.69) is 0 Å². The Morgan fingerprint density at radius 3 is 2.58 bits per heavy atom. The topological polar surface area (TPSA) is 40.5 Å². The van der Waals surface area contributed by atoms with Crippen molar-refractivity contribution in [1.29, 1.82) is 0 Å². The van der Waals surface area contributed by atoms with Gasteiger partial charge in [0.2, 0.25) is 0 Å². The van der Waals surface area contributed by atoms with Crippen molar-refractivity contribution in [2.75, 3.05) is 13.6 Å². The average molecular weight is 169 g/mol. The number of carboxylic acids is 1. The van der Waals surface area contributed by atoms with Crippen LogP contribution < -0.4 is 0 Å². The highest BCUT2D eigenvalue weighted by molar-refractivity contribution is 5.80. The van der Waals surface area contributed by atoms with E-state index in [1.807, 2.05) is 11.9 Å². The first kappa shape index (κ1) is 8.05. The van der Waals surface area contributed by atoms with Gasteiger partial charge < -0.3 is 5.11 Å². The fourth-order valence-corrected chi connectivity index (χ4v) is 2.50. The number of hydrogen-bond acceptors (Lipinski definition) is 2. The molecular formula is C9H15NO2. The fourth-order valence-electron chi connectivity index (χ4n) is 2.50. The van der Waals surface area contributed by atoms with Gasteiger partial charge in [-0.05, 0) is 45.2 Å². The van der Waals surface area contributed by atoms with Crippen molar-refractivity contribution in [3.8, 4) is 0 Å². The number of nitrogens with zero attached hydrogens (tertiary/aromatic N) is 1. The molecule has 0 aromatic rings. The van der Waals surface area contributed by atoms with Crippen molar-refractivity contribution in [2.45, 2.75) is 31.2 Å². The number of hydrogen-bond donors (Lipinski definition) is 1. The molecule has 1 heterocycles. The number of likely N-dealkylation sites (N-methyl/N-ethyl adjacent to an activating group) is 1. The molecule has 68 valence electrons. The summed E-state index contributed by atoms with van der Waals surface area (Å²) < 4.78 is 0. The summed E-state index contributed by atoms with van der Waals surface area (Å²) in [5, 5.41) is 9.20. The zero-order valence-corrected chi connectivity index (χ0v) is 7.42. The molecule has 1 atom stereocenters. The van der Waals surface area contributed by atoms with Crippen LogP contribution in [-0.2, 0) is 4.79 Å². The zero-order valence-electron chi connectivity index (χ0n) is 7.42. The van der Waals surface area contributed by atoms with Gasteiger partial charge in [-0.15, -0.1) is 0 Å².